The van der Waals surface area contributed by atoms with E-state index in [2.05, 4.69) is 12.2 Å². The number of carbonyl (C=O) groups excluding carboxylic acids is 1. The smallest absolute Gasteiger partial charge is 0.237 e. The van der Waals surface area contributed by atoms with Crippen LogP contribution in [0.5, 0.6) is 0 Å². The van der Waals surface area contributed by atoms with Crippen molar-refractivity contribution < 1.29 is 9.53 Å². The normalized spacial score (nSPS) is 39.4. The standard InChI is InChI=1S/C15H28N2O2/c1-3-11-5-4-6-12(9-11)19-13-7-8-15(10-13,17-2)14(16)18/h11-13,17H,3-10H2,1-2H3,(H2,16,18). The Morgan fingerprint density at radius 2 is 2.16 bits per heavy atom. The van der Waals surface area contributed by atoms with Crippen molar-refractivity contribution in [3.63, 3.8) is 0 Å². The Morgan fingerprint density at radius 3 is 2.74 bits per heavy atom. The average Bonchev–Trinajstić information content (AvgIpc) is 2.83. The van der Waals surface area contributed by atoms with E-state index < -0.39 is 5.54 Å². The Bertz CT molecular complexity index is 321. The van der Waals surface area contributed by atoms with Gasteiger partial charge in [-0.3, -0.25) is 4.79 Å². The van der Waals surface area contributed by atoms with E-state index in [0.717, 1.165) is 25.2 Å². The van der Waals surface area contributed by atoms with Gasteiger partial charge >= 0.3 is 0 Å². The second-order valence-corrected chi connectivity index (χ2v) is 6.26. The summed E-state index contributed by atoms with van der Waals surface area (Å²) >= 11 is 0. The molecule has 19 heavy (non-hydrogen) atoms. The highest BCUT2D eigenvalue weighted by Gasteiger charge is 2.44. The molecule has 0 radical (unpaired) electrons. The Hall–Kier alpha value is -0.610. The molecule has 2 aliphatic carbocycles. The van der Waals surface area contributed by atoms with Crippen molar-refractivity contribution >= 4 is 5.91 Å². The van der Waals surface area contributed by atoms with Gasteiger partial charge in [0.25, 0.3) is 0 Å². The molecule has 2 rings (SSSR count). The maximum Gasteiger partial charge on any atom is 0.237 e. The number of carbonyl (C=O) groups is 1. The predicted molar refractivity (Wildman–Crippen MR) is 75.7 cm³/mol. The molecule has 4 heteroatoms. The van der Waals surface area contributed by atoms with Crippen LogP contribution in [0.4, 0.5) is 0 Å². The highest BCUT2D eigenvalue weighted by molar-refractivity contribution is 5.85. The van der Waals surface area contributed by atoms with Crippen LogP contribution in [-0.4, -0.2) is 30.7 Å². The van der Waals surface area contributed by atoms with Crippen LogP contribution in [0, 0.1) is 5.92 Å². The number of hydrogen-bond acceptors (Lipinski definition) is 3. The molecule has 0 aromatic heterocycles. The number of hydrogen-bond donors (Lipinski definition) is 2. The molecule has 0 spiro atoms. The molecule has 0 heterocycles. The first-order valence-corrected chi connectivity index (χ1v) is 7.74. The van der Waals surface area contributed by atoms with E-state index in [1.54, 1.807) is 0 Å². The molecule has 0 saturated heterocycles. The zero-order chi connectivity index (χ0) is 13.9. The van der Waals surface area contributed by atoms with Crippen LogP contribution < -0.4 is 11.1 Å². The second-order valence-electron chi connectivity index (χ2n) is 6.26. The van der Waals surface area contributed by atoms with E-state index in [9.17, 15) is 4.79 Å². The number of rotatable bonds is 5. The lowest BCUT2D eigenvalue weighted by Gasteiger charge is -2.31. The van der Waals surface area contributed by atoms with Crippen LogP contribution in [0.25, 0.3) is 0 Å². The van der Waals surface area contributed by atoms with Gasteiger partial charge < -0.3 is 15.8 Å². The third kappa shape index (κ3) is 3.29. The zero-order valence-electron chi connectivity index (χ0n) is 12.3. The minimum Gasteiger partial charge on any atom is -0.375 e. The molecule has 0 aromatic carbocycles. The first-order valence-electron chi connectivity index (χ1n) is 7.74. The number of nitrogens with one attached hydrogen (secondary N) is 1. The monoisotopic (exact) mass is 268 g/mol. The first-order chi connectivity index (χ1) is 9.09. The minimum atomic E-state index is -0.538. The minimum absolute atomic E-state index is 0.195. The zero-order valence-corrected chi connectivity index (χ0v) is 12.3. The summed E-state index contributed by atoms with van der Waals surface area (Å²) in [7, 11) is 1.82. The average molecular weight is 268 g/mol. The first kappa shape index (κ1) is 14.8. The molecule has 4 atom stereocenters. The van der Waals surface area contributed by atoms with Crippen molar-refractivity contribution in [2.45, 2.75) is 76.0 Å². The fraction of sp³-hybridized carbons (Fsp3) is 0.933. The molecule has 4 unspecified atom stereocenters. The van der Waals surface area contributed by atoms with Crippen LogP contribution in [-0.2, 0) is 9.53 Å². The Balaban J connectivity index is 1.86. The molecule has 0 bridgehead atoms. The number of nitrogens with two attached hydrogens (primary N) is 1. The topological polar surface area (TPSA) is 64.3 Å². The van der Waals surface area contributed by atoms with E-state index in [0.29, 0.717) is 6.10 Å². The van der Waals surface area contributed by atoms with Crippen LogP contribution in [0.3, 0.4) is 0 Å². The van der Waals surface area contributed by atoms with Crippen molar-refractivity contribution in [3.8, 4) is 0 Å². The van der Waals surface area contributed by atoms with Crippen LogP contribution in [0.2, 0.25) is 0 Å². The number of ether oxygens (including phenoxy) is 1. The molecular weight excluding hydrogens is 240 g/mol. The van der Waals surface area contributed by atoms with Gasteiger partial charge in [0.15, 0.2) is 0 Å². The summed E-state index contributed by atoms with van der Waals surface area (Å²) in [4.78, 5) is 11.6. The lowest BCUT2D eigenvalue weighted by Crippen LogP contribution is -2.52. The summed E-state index contributed by atoms with van der Waals surface area (Å²) in [5.74, 6) is 0.585. The van der Waals surface area contributed by atoms with E-state index in [1.807, 2.05) is 7.05 Å². The van der Waals surface area contributed by atoms with Crippen LogP contribution in [0.1, 0.15) is 58.3 Å². The largest absolute Gasteiger partial charge is 0.375 e. The van der Waals surface area contributed by atoms with Gasteiger partial charge in [-0.05, 0) is 38.6 Å². The molecular formula is C15H28N2O2. The fourth-order valence-corrected chi connectivity index (χ4v) is 3.70. The van der Waals surface area contributed by atoms with Crippen molar-refractivity contribution in [2.24, 2.45) is 11.7 Å². The van der Waals surface area contributed by atoms with E-state index in [1.165, 1.54) is 32.1 Å². The van der Waals surface area contributed by atoms with Gasteiger partial charge in [-0.25, -0.2) is 0 Å². The van der Waals surface area contributed by atoms with E-state index in [4.69, 9.17) is 10.5 Å². The summed E-state index contributed by atoms with van der Waals surface area (Å²) in [6, 6.07) is 0. The van der Waals surface area contributed by atoms with Crippen molar-refractivity contribution in [2.75, 3.05) is 7.05 Å². The van der Waals surface area contributed by atoms with Gasteiger partial charge in [0.05, 0.1) is 17.7 Å². The van der Waals surface area contributed by atoms with Crippen molar-refractivity contribution in [3.05, 3.63) is 0 Å². The lowest BCUT2D eigenvalue weighted by atomic mass is 9.85. The number of amides is 1. The maximum atomic E-state index is 11.6. The summed E-state index contributed by atoms with van der Waals surface area (Å²) in [6.07, 6.45) is 9.31. The Kier molecular flexibility index (Phi) is 4.85. The lowest BCUT2D eigenvalue weighted by molar-refractivity contribution is -0.124. The van der Waals surface area contributed by atoms with E-state index in [-0.39, 0.29) is 12.0 Å². The van der Waals surface area contributed by atoms with Crippen LogP contribution >= 0.6 is 0 Å². The van der Waals surface area contributed by atoms with Gasteiger partial charge in [0.1, 0.15) is 0 Å². The van der Waals surface area contributed by atoms with Crippen molar-refractivity contribution in [1.82, 2.24) is 5.32 Å². The molecule has 2 aliphatic rings. The number of primary amides is 1. The molecule has 0 aliphatic heterocycles. The summed E-state index contributed by atoms with van der Waals surface area (Å²) in [5.41, 5.74) is 4.99. The summed E-state index contributed by atoms with van der Waals surface area (Å²) in [6.45, 7) is 2.27. The Morgan fingerprint density at radius 1 is 1.37 bits per heavy atom. The molecule has 1 amide bonds. The quantitative estimate of drug-likeness (QED) is 0.801. The third-order valence-corrected chi connectivity index (χ3v) is 5.12. The van der Waals surface area contributed by atoms with Crippen molar-refractivity contribution in [1.29, 1.82) is 0 Å². The molecule has 4 nitrogen and oxygen atoms in total. The number of likely N-dealkylation sites (N-methyl/N-ethyl adjacent to an activating group) is 1. The van der Waals surface area contributed by atoms with Gasteiger partial charge in [0, 0.05) is 6.42 Å². The van der Waals surface area contributed by atoms with Crippen LogP contribution in [0.15, 0.2) is 0 Å². The highest BCUT2D eigenvalue weighted by atomic mass is 16.5. The fourth-order valence-electron chi connectivity index (χ4n) is 3.70. The van der Waals surface area contributed by atoms with E-state index >= 15 is 0 Å². The molecule has 2 fully saturated rings. The maximum absolute atomic E-state index is 11.6. The van der Waals surface area contributed by atoms with Gasteiger partial charge in [-0.1, -0.05) is 26.2 Å². The predicted octanol–water partition coefficient (Wildman–Crippen LogP) is 1.97. The van der Waals surface area contributed by atoms with Gasteiger partial charge in [0.2, 0.25) is 5.91 Å². The molecule has 3 N–H and O–H groups in total. The Labute approximate surface area is 116 Å². The highest BCUT2D eigenvalue weighted by Crippen LogP contribution is 2.35. The summed E-state index contributed by atoms with van der Waals surface area (Å²) < 4.78 is 6.24. The third-order valence-electron chi connectivity index (χ3n) is 5.12. The SMILES string of the molecule is CCC1CCCC(OC2CCC(NC)(C(N)=O)C2)C1. The molecule has 110 valence electrons. The second kappa shape index (κ2) is 6.23. The van der Waals surface area contributed by atoms with Gasteiger partial charge in [-0.2, -0.15) is 0 Å². The molecule has 0 aromatic rings. The van der Waals surface area contributed by atoms with Gasteiger partial charge in [-0.15, -0.1) is 0 Å². The molecule has 2 saturated carbocycles. The summed E-state index contributed by atoms with van der Waals surface area (Å²) in [5, 5.41) is 3.11.